The Morgan fingerprint density at radius 2 is 0.932 bits per heavy atom. The lowest BCUT2D eigenvalue weighted by Gasteiger charge is -2.16. The molecule has 44 heavy (non-hydrogen) atoms. The number of esters is 2. The number of rotatable bonds is 32. The molecule has 0 saturated carbocycles. The maximum Gasteiger partial charge on any atom is 0.306 e. The Morgan fingerprint density at radius 3 is 1.41 bits per heavy atom. The van der Waals surface area contributed by atoms with Gasteiger partial charge in [-0.3, -0.25) is 9.59 Å². The zero-order chi connectivity index (χ0) is 32.5. The van der Waals surface area contributed by atoms with Crippen LogP contribution in [0.2, 0.25) is 0 Å². The first-order valence-electron chi connectivity index (χ1n) is 18.5. The van der Waals surface area contributed by atoms with Crippen molar-refractivity contribution in [2.75, 3.05) is 0 Å². The fourth-order valence-electron chi connectivity index (χ4n) is 5.49. The van der Waals surface area contributed by atoms with E-state index in [1.807, 2.05) is 0 Å². The van der Waals surface area contributed by atoms with E-state index in [1.54, 1.807) is 6.92 Å². The quantitative estimate of drug-likeness (QED) is 0.0426. The zero-order valence-corrected chi connectivity index (χ0v) is 29.4. The first-order valence-corrected chi connectivity index (χ1v) is 18.5. The van der Waals surface area contributed by atoms with E-state index in [9.17, 15) is 14.4 Å². The fraction of sp³-hybridized carbons (Fsp3) is 0.821. The summed E-state index contributed by atoms with van der Waals surface area (Å²) in [6.07, 6.45) is 36.6. The number of hydrogen-bond acceptors (Lipinski definition) is 5. The topological polar surface area (TPSA) is 69.7 Å². The molecule has 0 N–H and O–H groups in total. The van der Waals surface area contributed by atoms with Crippen molar-refractivity contribution >= 4 is 17.7 Å². The second kappa shape index (κ2) is 32.5. The Bertz CT molecular complexity index is 741. The minimum Gasteiger partial charge on any atom is -0.462 e. The summed E-state index contributed by atoms with van der Waals surface area (Å²) >= 11 is 0. The molecule has 5 nitrogen and oxygen atoms in total. The van der Waals surface area contributed by atoms with Crippen molar-refractivity contribution in [3.05, 3.63) is 24.3 Å². The third kappa shape index (κ3) is 31.5. The summed E-state index contributed by atoms with van der Waals surface area (Å²) in [5, 5.41) is 0. The number of Topliss-reactive ketones (excluding diaryl/α,β-unsaturated/α-hetero) is 1. The maximum absolute atomic E-state index is 12.6. The molecule has 0 aromatic rings. The van der Waals surface area contributed by atoms with Crippen molar-refractivity contribution in [1.29, 1.82) is 0 Å². The molecule has 0 aliphatic carbocycles. The maximum atomic E-state index is 12.6. The molecule has 0 aromatic heterocycles. The first-order chi connectivity index (χ1) is 21.4. The van der Waals surface area contributed by atoms with Gasteiger partial charge in [-0.25, -0.2) is 0 Å². The molecule has 0 aromatic carbocycles. The molecule has 0 heterocycles. The molecule has 0 aliphatic rings. The number of unbranched alkanes of at least 4 members (excludes halogenated alkanes) is 16. The summed E-state index contributed by atoms with van der Waals surface area (Å²) in [5.41, 5.74) is 0. The number of carbonyl (C=O) groups excluding carboxylic acids is 3. The average molecular weight is 619 g/mol. The molecule has 256 valence electrons. The second-order valence-corrected chi connectivity index (χ2v) is 12.8. The molecule has 0 saturated heterocycles. The smallest absolute Gasteiger partial charge is 0.306 e. The summed E-state index contributed by atoms with van der Waals surface area (Å²) in [6.45, 7) is 7.60. The van der Waals surface area contributed by atoms with Gasteiger partial charge in [0.2, 0.25) is 0 Å². The van der Waals surface area contributed by atoms with E-state index in [0.717, 1.165) is 96.3 Å². The molecule has 0 bridgehead atoms. The van der Waals surface area contributed by atoms with Gasteiger partial charge in [0.15, 0.2) is 0 Å². The van der Waals surface area contributed by atoms with Crippen LogP contribution in [0.15, 0.2) is 24.3 Å². The summed E-state index contributed by atoms with van der Waals surface area (Å²) < 4.78 is 11.4. The standard InChI is InChI=1S/C39H70O5/c1-5-7-9-24-30-37(43-36(4)41)31-26-20-16-13-14-18-22-28-34-39(42)44-38(32-25-10-8-6-2)33-27-21-17-12-11-15-19-23-29-35(3)40/h20-21,26-27,37-38H,5-19,22-25,28-34H2,1-4H3/b26-20+,27-21+. The van der Waals surface area contributed by atoms with Crippen molar-refractivity contribution in [2.45, 2.75) is 207 Å². The van der Waals surface area contributed by atoms with E-state index in [1.165, 1.54) is 71.1 Å². The van der Waals surface area contributed by atoms with Crippen LogP contribution in [0, 0.1) is 0 Å². The van der Waals surface area contributed by atoms with Crippen LogP contribution in [0.3, 0.4) is 0 Å². The Balaban J connectivity index is 4.10. The van der Waals surface area contributed by atoms with Crippen molar-refractivity contribution < 1.29 is 23.9 Å². The van der Waals surface area contributed by atoms with Gasteiger partial charge in [-0.15, -0.1) is 0 Å². The van der Waals surface area contributed by atoms with E-state index in [0.29, 0.717) is 12.2 Å². The second-order valence-electron chi connectivity index (χ2n) is 12.8. The van der Waals surface area contributed by atoms with Crippen LogP contribution in [0.25, 0.3) is 0 Å². The SMILES string of the molecule is CCCCCCC(C/C=C/CCCCCCCC(=O)OC(C/C=C/CCCCCCCC(C)=O)CCCCCC)OC(C)=O. The summed E-state index contributed by atoms with van der Waals surface area (Å²) in [6, 6.07) is 0. The van der Waals surface area contributed by atoms with E-state index in [-0.39, 0.29) is 24.1 Å². The monoisotopic (exact) mass is 619 g/mol. The molecule has 5 heteroatoms. The lowest BCUT2D eigenvalue weighted by Crippen LogP contribution is -2.17. The highest BCUT2D eigenvalue weighted by molar-refractivity contribution is 5.75. The van der Waals surface area contributed by atoms with Crippen LogP contribution in [-0.4, -0.2) is 29.9 Å². The lowest BCUT2D eigenvalue weighted by atomic mass is 10.0. The molecule has 0 fully saturated rings. The normalized spacial score (nSPS) is 13.0. The minimum atomic E-state index is -0.182. The van der Waals surface area contributed by atoms with Gasteiger partial charge in [-0.05, 0) is 71.1 Å². The Morgan fingerprint density at radius 1 is 0.500 bits per heavy atom. The molecule has 0 rings (SSSR count). The van der Waals surface area contributed by atoms with Crippen LogP contribution in [0.4, 0.5) is 0 Å². The molecular weight excluding hydrogens is 548 g/mol. The highest BCUT2D eigenvalue weighted by Gasteiger charge is 2.13. The molecule has 0 radical (unpaired) electrons. The van der Waals surface area contributed by atoms with Crippen molar-refractivity contribution in [3.63, 3.8) is 0 Å². The highest BCUT2D eigenvalue weighted by atomic mass is 16.5. The van der Waals surface area contributed by atoms with E-state index < -0.39 is 0 Å². The number of ether oxygens (including phenoxy) is 2. The van der Waals surface area contributed by atoms with Crippen LogP contribution in [-0.2, 0) is 23.9 Å². The third-order valence-electron chi connectivity index (χ3n) is 8.17. The number of hydrogen-bond donors (Lipinski definition) is 0. The molecule has 2 atom stereocenters. The molecule has 0 spiro atoms. The largest absolute Gasteiger partial charge is 0.462 e. The first kappa shape index (κ1) is 42.1. The number of allylic oxidation sites excluding steroid dienone is 2. The summed E-state index contributed by atoms with van der Waals surface area (Å²) in [4.78, 5) is 35.0. The predicted molar refractivity (Wildman–Crippen MR) is 186 cm³/mol. The van der Waals surface area contributed by atoms with Crippen LogP contribution in [0.1, 0.15) is 195 Å². The van der Waals surface area contributed by atoms with Crippen molar-refractivity contribution in [1.82, 2.24) is 0 Å². The van der Waals surface area contributed by atoms with Gasteiger partial charge in [-0.2, -0.15) is 0 Å². The number of ketones is 1. The van der Waals surface area contributed by atoms with Crippen LogP contribution >= 0.6 is 0 Å². The summed E-state index contributed by atoms with van der Waals surface area (Å²) in [5.74, 6) is 0.0770. The van der Waals surface area contributed by atoms with E-state index in [2.05, 4.69) is 38.2 Å². The average Bonchev–Trinajstić information content (AvgIpc) is 2.98. The lowest BCUT2D eigenvalue weighted by molar-refractivity contribution is -0.149. The molecular formula is C39H70O5. The minimum absolute atomic E-state index is 0.00533. The van der Waals surface area contributed by atoms with Gasteiger partial charge >= 0.3 is 11.9 Å². The van der Waals surface area contributed by atoms with E-state index >= 15 is 0 Å². The number of carbonyl (C=O) groups is 3. The fourth-order valence-corrected chi connectivity index (χ4v) is 5.49. The van der Waals surface area contributed by atoms with Gasteiger partial charge in [0.25, 0.3) is 0 Å². The summed E-state index contributed by atoms with van der Waals surface area (Å²) in [7, 11) is 0. The van der Waals surface area contributed by atoms with E-state index in [4.69, 9.17) is 9.47 Å². The Labute approximate surface area is 272 Å². The van der Waals surface area contributed by atoms with Crippen molar-refractivity contribution in [2.24, 2.45) is 0 Å². The third-order valence-corrected chi connectivity index (χ3v) is 8.17. The molecule has 0 amide bonds. The zero-order valence-electron chi connectivity index (χ0n) is 29.4. The Hall–Kier alpha value is -1.91. The molecule has 2 unspecified atom stereocenters. The van der Waals surface area contributed by atoms with Crippen LogP contribution < -0.4 is 0 Å². The highest BCUT2D eigenvalue weighted by Crippen LogP contribution is 2.16. The van der Waals surface area contributed by atoms with Gasteiger partial charge < -0.3 is 14.3 Å². The Kier molecular flexibility index (Phi) is 31.1. The van der Waals surface area contributed by atoms with Crippen molar-refractivity contribution in [3.8, 4) is 0 Å². The van der Waals surface area contributed by atoms with Gasteiger partial charge in [-0.1, -0.05) is 115 Å². The van der Waals surface area contributed by atoms with Gasteiger partial charge in [0, 0.05) is 32.6 Å². The van der Waals surface area contributed by atoms with Gasteiger partial charge in [0.05, 0.1) is 0 Å². The van der Waals surface area contributed by atoms with Crippen LogP contribution in [0.5, 0.6) is 0 Å². The van der Waals surface area contributed by atoms with Gasteiger partial charge in [0.1, 0.15) is 18.0 Å². The predicted octanol–water partition coefficient (Wildman–Crippen LogP) is 11.7. The molecule has 0 aliphatic heterocycles.